The number of ether oxygens (including phenoxy) is 1. The third-order valence-corrected chi connectivity index (χ3v) is 3.88. The van der Waals surface area contributed by atoms with Crippen LogP contribution in [0.5, 0.6) is 0 Å². The number of nitrogens with zero attached hydrogens (tertiary/aromatic N) is 1. The van der Waals surface area contributed by atoms with E-state index in [1.807, 2.05) is 13.0 Å². The van der Waals surface area contributed by atoms with E-state index in [1.54, 1.807) is 39.8 Å². The van der Waals surface area contributed by atoms with Crippen LogP contribution in [0.15, 0.2) is 22.7 Å². The van der Waals surface area contributed by atoms with E-state index in [0.29, 0.717) is 5.56 Å². The summed E-state index contributed by atoms with van der Waals surface area (Å²) in [7, 11) is 0. The number of hydrogen-bond acceptors (Lipinski definition) is 3. The molecule has 0 heterocycles. The number of rotatable bonds is 4. The number of amides is 1. The second kappa shape index (κ2) is 7.13. The maximum Gasteiger partial charge on any atom is 0.411 e. The molecule has 0 aromatic heterocycles. The lowest BCUT2D eigenvalue weighted by atomic mass is 10.0. The summed E-state index contributed by atoms with van der Waals surface area (Å²) >= 11 is 3.39. The van der Waals surface area contributed by atoms with Gasteiger partial charge in [-0.25, -0.2) is 9.59 Å². The van der Waals surface area contributed by atoms with Gasteiger partial charge < -0.3 is 9.84 Å². The van der Waals surface area contributed by atoms with Crippen molar-refractivity contribution in [2.24, 2.45) is 0 Å². The highest BCUT2D eigenvalue weighted by Crippen LogP contribution is 2.27. The van der Waals surface area contributed by atoms with Crippen molar-refractivity contribution in [2.75, 3.05) is 6.54 Å². The van der Waals surface area contributed by atoms with Crippen LogP contribution in [0.4, 0.5) is 4.79 Å². The summed E-state index contributed by atoms with van der Waals surface area (Å²) in [6.45, 7) is 9.11. The van der Waals surface area contributed by atoms with Crippen LogP contribution in [0.25, 0.3) is 0 Å². The van der Waals surface area contributed by atoms with Gasteiger partial charge in [0.2, 0.25) is 0 Å². The van der Waals surface area contributed by atoms with Gasteiger partial charge in [-0.2, -0.15) is 0 Å². The maximum absolute atomic E-state index is 12.3. The lowest BCUT2D eigenvalue weighted by molar-refractivity contribution is -0.143. The molecule has 0 aliphatic heterocycles. The number of aryl methyl sites for hydroxylation is 1. The number of carboxylic acid groups (broad SMARTS) is 1. The van der Waals surface area contributed by atoms with Crippen molar-refractivity contribution in [2.45, 2.75) is 46.3 Å². The normalized spacial score (nSPS) is 12.6. The number of carboxylic acids is 1. The van der Waals surface area contributed by atoms with Crippen LogP contribution >= 0.6 is 15.9 Å². The first-order valence-corrected chi connectivity index (χ1v) is 7.84. The van der Waals surface area contributed by atoms with Gasteiger partial charge in [0.05, 0.1) is 0 Å². The molecule has 0 saturated carbocycles. The van der Waals surface area contributed by atoms with Crippen molar-refractivity contribution in [3.8, 4) is 0 Å². The number of benzene rings is 1. The summed E-state index contributed by atoms with van der Waals surface area (Å²) in [5.74, 6) is -1.09. The zero-order chi connectivity index (χ0) is 17.1. The zero-order valence-electron chi connectivity index (χ0n) is 13.5. The van der Waals surface area contributed by atoms with Crippen molar-refractivity contribution in [1.29, 1.82) is 0 Å². The molecule has 22 heavy (non-hydrogen) atoms. The fraction of sp³-hybridized carbons (Fsp3) is 0.500. The zero-order valence-corrected chi connectivity index (χ0v) is 15.1. The predicted molar refractivity (Wildman–Crippen MR) is 87.9 cm³/mol. The van der Waals surface area contributed by atoms with E-state index < -0.39 is 23.7 Å². The van der Waals surface area contributed by atoms with Crippen LogP contribution in [0.1, 0.15) is 44.9 Å². The van der Waals surface area contributed by atoms with Crippen LogP contribution in [-0.2, 0) is 9.53 Å². The highest BCUT2D eigenvalue weighted by Gasteiger charge is 2.33. The molecule has 0 aliphatic rings. The molecule has 0 spiro atoms. The van der Waals surface area contributed by atoms with E-state index in [4.69, 9.17) is 4.74 Å². The smallest absolute Gasteiger partial charge is 0.411 e. The highest BCUT2D eigenvalue weighted by molar-refractivity contribution is 9.10. The molecule has 1 N–H and O–H groups in total. The monoisotopic (exact) mass is 371 g/mol. The van der Waals surface area contributed by atoms with E-state index in [2.05, 4.69) is 15.9 Å². The third-order valence-electron chi connectivity index (χ3n) is 3.03. The van der Waals surface area contributed by atoms with Gasteiger partial charge in [0, 0.05) is 11.0 Å². The summed E-state index contributed by atoms with van der Waals surface area (Å²) in [5, 5.41) is 9.57. The third kappa shape index (κ3) is 4.73. The Morgan fingerprint density at radius 1 is 1.36 bits per heavy atom. The first-order chi connectivity index (χ1) is 10.1. The minimum absolute atomic E-state index is 0.234. The minimum atomic E-state index is -1.09. The predicted octanol–water partition coefficient (Wildman–Crippen LogP) is 4.14. The molecular formula is C16H22BrNO4. The molecule has 1 rings (SSSR count). The van der Waals surface area contributed by atoms with E-state index in [1.165, 1.54) is 4.90 Å². The summed E-state index contributed by atoms with van der Waals surface area (Å²) in [4.78, 5) is 25.2. The average molecular weight is 372 g/mol. The number of carbonyl (C=O) groups is 2. The molecule has 0 saturated heterocycles. The fourth-order valence-corrected chi connectivity index (χ4v) is 2.37. The number of likely N-dealkylation sites (N-methyl/N-ethyl adjacent to an activating group) is 1. The average Bonchev–Trinajstić information content (AvgIpc) is 2.36. The van der Waals surface area contributed by atoms with Gasteiger partial charge in [0.25, 0.3) is 0 Å². The quantitative estimate of drug-likeness (QED) is 0.863. The van der Waals surface area contributed by atoms with E-state index in [-0.39, 0.29) is 6.54 Å². The Hall–Kier alpha value is -1.56. The second-order valence-electron chi connectivity index (χ2n) is 6.02. The largest absolute Gasteiger partial charge is 0.479 e. The molecule has 1 atom stereocenters. The minimum Gasteiger partial charge on any atom is -0.479 e. The van der Waals surface area contributed by atoms with Gasteiger partial charge in [-0.05, 0) is 51.8 Å². The summed E-state index contributed by atoms with van der Waals surface area (Å²) in [6, 6.07) is 4.17. The Morgan fingerprint density at radius 3 is 2.36 bits per heavy atom. The van der Waals surface area contributed by atoms with Crippen LogP contribution < -0.4 is 0 Å². The fourth-order valence-electron chi connectivity index (χ4n) is 1.97. The number of halogens is 1. The SMILES string of the molecule is CCN(C(=O)OC(C)(C)C)C(C(=O)O)c1ccc(C)c(Br)c1. The standard InChI is InChI=1S/C16H22BrNO4/c1-6-18(15(21)22-16(3,4)5)13(14(19)20)11-8-7-10(2)12(17)9-11/h7-9,13H,6H2,1-5H3,(H,19,20). The van der Waals surface area contributed by atoms with Crippen LogP contribution in [-0.4, -0.2) is 34.2 Å². The van der Waals surface area contributed by atoms with Gasteiger partial charge in [0.15, 0.2) is 6.04 Å². The molecule has 0 fully saturated rings. The van der Waals surface area contributed by atoms with Crippen molar-refractivity contribution >= 4 is 28.0 Å². The Bertz CT molecular complexity index is 566. The Kier molecular flexibility index (Phi) is 6.00. The van der Waals surface area contributed by atoms with Gasteiger partial charge in [-0.3, -0.25) is 4.90 Å². The maximum atomic E-state index is 12.3. The first-order valence-electron chi connectivity index (χ1n) is 7.05. The second-order valence-corrected chi connectivity index (χ2v) is 6.87. The van der Waals surface area contributed by atoms with E-state index >= 15 is 0 Å². The number of carbonyl (C=O) groups excluding carboxylic acids is 1. The number of hydrogen-bond donors (Lipinski definition) is 1. The molecule has 122 valence electrons. The lowest BCUT2D eigenvalue weighted by Crippen LogP contribution is -2.42. The molecule has 1 aromatic carbocycles. The molecule has 0 radical (unpaired) electrons. The van der Waals surface area contributed by atoms with E-state index in [9.17, 15) is 14.7 Å². The van der Waals surface area contributed by atoms with Gasteiger partial charge >= 0.3 is 12.1 Å². The lowest BCUT2D eigenvalue weighted by Gasteiger charge is -2.31. The number of aliphatic carboxylic acids is 1. The van der Waals surface area contributed by atoms with Gasteiger partial charge in [0.1, 0.15) is 5.60 Å². The van der Waals surface area contributed by atoms with Gasteiger partial charge in [-0.15, -0.1) is 0 Å². The highest BCUT2D eigenvalue weighted by atomic mass is 79.9. The van der Waals surface area contributed by atoms with E-state index in [0.717, 1.165) is 10.0 Å². The van der Waals surface area contributed by atoms with Crippen LogP contribution in [0.3, 0.4) is 0 Å². The van der Waals surface area contributed by atoms with Crippen LogP contribution in [0.2, 0.25) is 0 Å². The van der Waals surface area contributed by atoms with Crippen LogP contribution in [0, 0.1) is 6.92 Å². The van der Waals surface area contributed by atoms with Crippen molar-refractivity contribution < 1.29 is 19.4 Å². The molecule has 1 unspecified atom stereocenters. The molecule has 0 bridgehead atoms. The molecule has 5 nitrogen and oxygen atoms in total. The van der Waals surface area contributed by atoms with Crippen molar-refractivity contribution in [3.05, 3.63) is 33.8 Å². The molecule has 0 aliphatic carbocycles. The molecule has 1 aromatic rings. The molecule has 1 amide bonds. The van der Waals surface area contributed by atoms with Crippen molar-refractivity contribution in [1.82, 2.24) is 4.90 Å². The summed E-state index contributed by atoms with van der Waals surface area (Å²) in [6.07, 6.45) is -0.640. The summed E-state index contributed by atoms with van der Waals surface area (Å²) in [5.41, 5.74) is 0.840. The molecular weight excluding hydrogens is 350 g/mol. The van der Waals surface area contributed by atoms with Crippen molar-refractivity contribution in [3.63, 3.8) is 0 Å². The first kappa shape index (κ1) is 18.5. The topological polar surface area (TPSA) is 66.8 Å². The Morgan fingerprint density at radius 2 is 1.95 bits per heavy atom. The molecule has 6 heteroatoms. The Balaban J connectivity index is 3.18. The van der Waals surface area contributed by atoms with Gasteiger partial charge in [-0.1, -0.05) is 28.1 Å². The summed E-state index contributed by atoms with van der Waals surface area (Å²) < 4.78 is 6.11. The Labute approximate surface area is 139 Å².